The number of nitrogens with two attached hydrogens (primary N) is 1. The van der Waals surface area contributed by atoms with E-state index in [1.807, 2.05) is 0 Å². The fourth-order valence-corrected chi connectivity index (χ4v) is 2.75. The highest BCUT2D eigenvalue weighted by atomic mass is 35.5. The van der Waals surface area contributed by atoms with E-state index in [1.165, 1.54) is 14.2 Å². The summed E-state index contributed by atoms with van der Waals surface area (Å²) in [5.41, 5.74) is 6.68. The standard InChI is InChI=1S/C19H19ClN6O4/c1-29-11-7-8-14(15(9-11)30-2)22-16(27)10-26-18(21)17(24-25-26)19(28)23-13-6-4-3-5-12(13)20/h3-9H,10,21H2,1-2H3,(H,22,27)(H,23,28). The Balaban J connectivity index is 1.69. The smallest absolute Gasteiger partial charge is 0.280 e. The lowest BCUT2D eigenvalue weighted by Gasteiger charge is -2.12. The van der Waals surface area contributed by atoms with Crippen LogP contribution in [0.5, 0.6) is 11.5 Å². The Bertz CT molecular complexity index is 1080. The number of para-hydroxylation sites is 1. The van der Waals surface area contributed by atoms with Gasteiger partial charge in [-0.1, -0.05) is 28.9 Å². The molecule has 0 atom stereocenters. The Morgan fingerprint density at radius 3 is 2.57 bits per heavy atom. The molecule has 0 unspecified atom stereocenters. The van der Waals surface area contributed by atoms with E-state index in [0.717, 1.165) is 4.68 Å². The molecule has 1 aromatic heterocycles. The van der Waals surface area contributed by atoms with Gasteiger partial charge in [-0.3, -0.25) is 9.59 Å². The van der Waals surface area contributed by atoms with Gasteiger partial charge in [0.1, 0.15) is 18.0 Å². The first kappa shape index (κ1) is 20.9. The van der Waals surface area contributed by atoms with E-state index < -0.39 is 11.8 Å². The second-order valence-corrected chi connectivity index (χ2v) is 6.44. The molecule has 3 aromatic rings. The van der Waals surface area contributed by atoms with Crippen LogP contribution in [0.2, 0.25) is 5.02 Å². The normalized spacial score (nSPS) is 10.4. The van der Waals surface area contributed by atoms with Crippen molar-refractivity contribution in [2.75, 3.05) is 30.6 Å². The van der Waals surface area contributed by atoms with Gasteiger partial charge in [0.05, 0.1) is 30.6 Å². The predicted octanol–water partition coefficient (Wildman–Crippen LogP) is 2.42. The molecule has 3 rings (SSSR count). The number of anilines is 3. The molecule has 2 aromatic carbocycles. The molecule has 0 spiro atoms. The Morgan fingerprint density at radius 2 is 1.87 bits per heavy atom. The Kier molecular flexibility index (Phi) is 6.38. The number of ether oxygens (including phenoxy) is 2. The van der Waals surface area contributed by atoms with Crippen molar-refractivity contribution in [3.05, 3.63) is 53.2 Å². The van der Waals surface area contributed by atoms with Gasteiger partial charge in [-0.15, -0.1) is 5.10 Å². The fourth-order valence-electron chi connectivity index (χ4n) is 2.57. The molecule has 30 heavy (non-hydrogen) atoms. The van der Waals surface area contributed by atoms with E-state index in [1.54, 1.807) is 42.5 Å². The average molecular weight is 431 g/mol. The number of nitrogens with zero attached hydrogens (tertiary/aromatic N) is 3. The summed E-state index contributed by atoms with van der Waals surface area (Å²) in [6.45, 7) is -0.257. The van der Waals surface area contributed by atoms with Crippen molar-refractivity contribution in [3.8, 4) is 11.5 Å². The summed E-state index contributed by atoms with van der Waals surface area (Å²) < 4.78 is 11.5. The monoisotopic (exact) mass is 430 g/mol. The molecular formula is C19H19ClN6O4. The number of hydrogen-bond donors (Lipinski definition) is 3. The minimum absolute atomic E-state index is 0.0589. The molecule has 4 N–H and O–H groups in total. The van der Waals surface area contributed by atoms with Crippen LogP contribution in [0.25, 0.3) is 0 Å². The van der Waals surface area contributed by atoms with E-state index in [9.17, 15) is 9.59 Å². The summed E-state index contributed by atoms with van der Waals surface area (Å²) >= 11 is 6.03. The Morgan fingerprint density at radius 1 is 1.10 bits per heavy atom. The maximum atomic E-state index is 12.4. The number of carbonyl (C=O) groups is 2. The summed E-state index contributed by atoms with van der Waals surface area (Å²) in [7, 11) is 3.00. The van der Waals surface area contributed by atoms with Crippen LogP contribution in [-0.4, -0.2) is 41.0 Å². The van der Waals surface area contributed by atoms with Gasteiger partial charge in [-0.25, -0.2) is 4.68 Å². The SMILES string of the molecule is COc1ccc(NC(=O)Cn2nnc(C(=O)Nc3ccccc3Cl)c2N)c(OC)c1. The molecular weight excluding hydrogens is 412 g/mol. The van der Waals surface area contributed by atoms with E-state index in [2.05, 4.69) is 20.9 Å². The van der Waals surface area contributed by atoms with Crippen LogP contribution >= 0.6 is 11.6 Å². The Labute approximate surface area is 176 Å². The summed E-state index contributed by atoms with van der Waals surface area (Å²) in [5.74, 6) is -0.0813. The number of aromatic nitrogens is 3. The number of nitrogen functional groups attached to an aromatic ring is 1. The van der Waals surface area contributed by atoms with Crippen LogP contribution in [-0.2, 0) is 11.3 Å². The molecule has 2 amide bonds. The highest BCUT2D eigenvalue weighted by Gasteiger charge is 2.20. The van der Waals surface area contributed by atoms with Crippen molar-refractivity contribution in [1.29, 1.82) is 0 Å². The topological polar surface area (TPSA) is 133 Å². The van der Waals surface area contributed by atoms with Gasteiger partial charge >= 0.3 is 0 Å². The van der Waals surface area contributed by atoms with Crippen molar-refractivity contribution in [3.63, 3.8) is 0 Å². The van der Waals surface area contributed by atoms with Crippen LogP contribution < -0.4 is 25.8 Å². The maximum absolute atomic E-state index is 12.4. The zero-order chi connectivity index (χ0) is 21.7. The second kappa shape index (κ2) is 9.14. The third-order valence-electron chi connectivity index (χ3n) is 4.09. The first-order chi connectivity index (χ1) is 14.4. The van der Waals surface area contributed by atoms with Crippen molar-refractivity contribution in [1.82, 2.24) is 15.0 Å². The molecule has 11 heteroatoms. The van der Waals surface area contributed by atoms with Gasteiger partial charge < -0.3 is 25.8 Å². The number of nitrogens with one attached hydrogen (secondary N) is 2. The molecule has 0 saturated heterocycles. The van der Waals surface area contributed by atoms with Crippen molar-refractivity contribution in [2.45, 2.75) is 6.54 Å². The van der Waals surface area contributed by atoms with Gasteiger partial charge in [-0.2, -0.15) is 0 Å². The zero-order valence-electron chi connectivity index (χ0n) is 16.2. The third-order valence-corrected chi connectivity index (χ3v) is 4.42. The van der Waals surface area contributed by atoms with Crippen LogP contribution in [0, 0.1) is 0 Å². The number of methoxy groups -OCH3 is 2. The summed E-state index contributed by atoms with van der Waals surface area (Å²) in [6.07, 6.45) is 0. The maximum Gasteiger partial charge on any atom is 0.280 e. The van der Waals surface area contributed by atoms with Crippen LogP contribution in [0.1, 0.15) is 10.5 Å². The quantitative estimate of drug-likeness (QED) is 0.524. The highest BCUT2D eigenvalue weighted by molar-refractivity contribution is 6.33. The molecule has 0 fully saturated rings. The van der Waals surface area contributed by atoms with Crippen molar-refractivity contribution >= 4 is 40.6 Å². The van der Waals surface area contributed by atoms with Crippen LogP contribution in [0.15, 0.2) is 42.5 Å². The number of hydrogen-bond acceptors (Lipinski definition) is 7. The summed E-state index contributed by atoms with van der Waals surface area (Å²) in [6, 6.07) is 11.7. The summed E-state index contributed by atoms with van der Waals surface area (Å²) in [5, 5.41) is 13.2. The highest BCUT2D eigenvalue weighted by Crippen LogP contribution is 2.29. The molecule has 0 aliphatic carbocycles. The number of rotatable bonds is 7. The van der Waals surface area contributed by atoms with Crippen LogP contribution in [0.4, 0.5) is 17.2 Å². The third kappa shape index (κ3) is 4.61. The first-order valence-electron chi connectivity index (χ1n) is 8.69. The lowest BCUT2D eigenvalue weighted by molar-refractivity contribution is -0.116. The fraction of sp³-hybridized carbons (Fsp3) is 0.158. The molecule has 0 saturated carbocycles. The average Bonchev–Trinajstić information content (AvgIpc) is 3.10. The summed E-state index contributed by atoms with van der Waals surface area (Å²) in [4.78, 5) is 24.8. The molecule has 0 aliphatic heterocycles. The van der Waals surface area contributed by atoms with E-state index in [-0.39, 0.29) is 18.1 Å². The second-order valence-electron chi connectivity index (χ2n) is 6.03. The molecule has 0 radical (unpaired) electrons. The molecule has 0 aliphatic rings. The molecule has 156 valence electrons. The zero-order valence-corrected chi connectivity index (χ0v) is 16.9. The molecule has 0 bridgehead atoms. The van der Waals surface area contributed by atoms with E-state index >= 15 is 0 Å². The number of halogens is 1. The molecule has 1 heterocycles. The van der Waals surface area contributed by atoms with Gasteiger partial charge in [-0.05, 0) is 24.3 Å². The van der Waals surface area contributed by atoms with E-state index in [4.69, 9.17) is 26.8 Å². The number of carbonyl (C=O) groups excluding carboxylic acids is 2. The predicted molar refractivity (Wildman–Crippen MR) is 112 cm³/mol. The first-order valence-corrected chi connectivity index (χ1v) is 9.07. The largest absolute Gasteiger partial charge is 0.497 e. The van der Waals surface area contributed by atoms with Gasteiger partial charge in [0.15, 0.2) is 11.5 Å². The van der Waals surface area contributed by atoms with Gasteiger partial charge in [0.2, 0.25) is 5.91 Å². The van der Waals surface area contributed by atoms with E-state index in [0.29, 0.717) is 27.9 Å². The minimum atomic E-state index is -0.593. The van der Waals surface area contributed by atoms with Crippen molar-refractivity contribution < 1.29 is 19.1 Å². The van der Waals surface area contributed by atoms with Crippen molar-refractivity contribution in [2.24, 2.45) is 0 Å². The van der Waals surface area contributed by atoms with Crippen LogP contribution in [0.3, 0.4) is 0 Å². The van der Waals surface area contributed by atoms with Gasteiger partial charge in [0.25, 0.3) is 5.91 Å². The molecule has 10 nitrogen and oxygen atoms in total. The lowest BCUT2D eigenvalue weighted by Crippen LogP contribution is -2.21. The minimum Gasteiger partial charge on any atom is -0.497 e. The lowest BCUT2D eigenvalue weighted by atomic mass is 10.2. The number of amides is 2. The Hall–Kier alpha value is -3.79. The van der Waals surface area contributed by atoms with Gasteiger partial charge in [0, 0.05) is 6.07 Å². The number of benzene rings is 2.